The van der Waals surface area contributed by atoms with Crippen molar-refractivity contribution in [3.63, 3.8) is 0 Å². The SMILES string of the molecule is O=C(Cn1ccc2ccccc21)c1ccccc1F. The summed E-state index contributed by atoms with van der Waals surface area (Å²) in [6.07, 6.45) is 1.85. The van der Waals surface area contributed by atoms with Crippen molar-refractivity contribution in [3.05, 3.63) is 72.2 Å². The summed E-state index contributed by atoms with van der Waals surface area (Å²) in [5.74, 6) is -0.691. The fourth-order valence-electron chi connectivity index (χ4n) is 2.21. The Bertz CT molecular complexity index is 745. The number of hydrogen-bond donors (Lipinski definition) is 0. The van der Waals surface area contributed by atoms with Gasteiger partial charge in [-0.3, -0.25) is 4.79 Å². The highest BCUT2D eigenvalue weighted by Crippen LogP contribution is 2.16. The average molecular weight is 253 g/mol. The Morgan fingerprint density at radius 1 is 1.00 bits per heavy atom. The smallest absolute Gasteiger partial charge is 0.185 e. The van der Waals surface area contributed by atoms with Gasteiger partial charge in [0, 0.05) is 11.7 Å². The Hall–Kier alpha value is -2.42. The Kier molecular flexibility index (Phi) is 2.88. The summed E-state index contributed by atoms with van der Waals surface area (Å²) in [6.45, 7) is 0.147. The van der Waals surface area contributed by atoms with E-state index in [1.807, 2.05) is 41.1 Å². The first-order chi connectivity index (χ1) is 9.25. The highest BCUT2D eigenvalue weighted by Gasteiger charge is 2.12. The maximum Gasteiger partial charge on any atom is 0.185 e. The molecule has 0 unspecified atom stereocenters. The van der Waals surface area contributed by atoms with Gasteiger partial charge in [-0.25, -0.2) is 4.39 Å². The van der Waals surface area contributed by atoms with Crippen LogP contribution in [-0.2, 0) is 6.54 Å². The van der Waals surface area contributed by atoms with E-state index >= 15 is 0 Å². The third-order valence-corrected chi connectivity index (χ3v) is 3.17. The van der Waals surface area contributed by atoms with E-state index in [2.05, 4.69) is 0 Å². The molecule has 0 amide bonds. The Labute approximate surface area is 110 Å². The van der Waals surface area contributed by atoms with Gasteiger partial charge < -0.3 is 4.57 Å². The van der Waals surface area contributed by atoms with Crippen LogP contribution in [-0.4, -0.2) is 10.4 Å². The highest BCUT2D eigenvalue weighted by atomic mass is 19.1. The van der Waals surface area contributed by atoms with E-state index in [4.69, 9.17) is 0 Å². The average Bonchev–Trinajstić information content (AvgIpc) is 2.83. The van der Waals surface area contributed by atoms with Crippen molar-refractivity contribution in [2.24, 2.45) is 0 Å². The summed E-state index contributed by atoms with van der Waals surface area (Å²) in [7, 11) is 0. The van der Waals surface area contributed by atoms with Gasteiger partial charge in [-0.15, -0.1) is 0 Å². The number of halogens is 1. The van der Waals surface area contributed by atoms with Crippen molar-refractivity contribution in [1.29, 1.82) is 0 Å². The normalized spacial score (nSPS) is 10.8. The van der Waals surface area contributed by atoms with Crippen LogP contribution < -0.4 is 0 Å². The molecule has 0 aliphatic rings. The van der Waals surface area contributed by atoms with Gasteiger partial charge in [0.25, 0.3) is 0 Å². The highest BCUT2D eigenvalue weighted by molar-refractivity contribution is 5.97. The van der Waals surface area contributed by atoms with E-state index in [0.29, 0.717) is 0 Å². The zero-order valence-electron chi connectivity index (χ0n) is 10.2. The second-order valence-corrected chi connectivity index (χ2v) is 4.41. The molecule has 94 valence electrons. The summed E-state index contributed by atoms with van der Waals surface area (Å²) in [5, 5.41) is 1.07. The number of para-hydroxylation sites is 1. The molecule has 19 heavy (non-hydrogen) atoms. The minimum atomic E-state index is -0.469. The molecule has 1 heterocycles. The Morgan fingerprint density at radius 2 is 1.74 bits per heavy atom. The fourth-order valence-corrected chi connectivity index (χ4v) is 2.21. The topological polar surface area (TPSA) is 22.0 Å². The fraction of sp³-hybridized carbons (Fsp3) is 0.0625. The summed E-state index contributed by atoms with van der Waals surface area (Å²) >= 11 is 0. The number of fused-ring (bicyclic) bond motifs is 1. The molecular weight excluding hydrogens is 241 g/mol. The first-order valence-corrected chi connectivity index (χ1v) is 6.07. The lowest BCUT2D eigenvalue weighted by Gasteiger charge is -2.05. The van der Waals surface area contributed by atoms with Gasteiger partial charge in [-0.2, -0.15) is 0 Å². The molecule has 0 aliphatic heterocycles. The molecule has 2 aromatic carbocycles. The van der Waals surface area contributed by atoms with E-state index < -0.39 is 5.82 Å². The molecule has 0 saturated carbocycles. The molecule has 0 saturated heterocycles. The molecule has 2 nitrogen and oxygen atoms in total. The number of hydrogen-bond acceptors (Lipinski definition) is 1. The van der Waals surface area contributed by atoms with Crippen LogP contribution in [0.4, 0.5) is 4.39 Å². The number of Topliss-reactive ketones (excluding diaryl/α,β-unsaturated/α-hetero) is 1. The van der Waals surface area contributed by atoms with Gasteiger partial charge in [-0.05, 0) is 29.7 Å². The maximum absolute atomic E-state index is 13.6. The van der Waals surface area contributed by atoms with Crippen LogP contribution in [0.25, 0.3) is 10.9 Å². The van der Waals surface area contributed by atoms with E-state index in [9.17, 15) is 9.18 Å². The third kappa shape index (κ3) is 2.15. The zero-order chi connectivity index (χ0) is 13.2. The molecule has 0 bridgehead atoms. The van der Waals surface area contributed by atoms with E-state index in [0.717, 1.165) is 10.9 Å². The quantitative estimate of drug-likeness (QED) is 0.653. The zero-order valence-corrected chi connectivity index (χ0v) is 10.2. The van der Waals surface area contributed by atoms with Crippen molar-refractivity contribution < 1.29 is 9.18 Å². The molecule has 0 spiro atoms. The molecule has 3 aromatic rings. The van der Waals surface area contributed by atoms with Crippen LogP contribution >= 0.6 is 0 Å². The van der Waals surface area contributed by atoms with E-state index in [-0.39, 0.29) is 17.9 Å². The number of carbonyl (C=O) groups is 1. The molecule has 0 fully saturated rings. The van der Waals surface area contributed by atoms with Crippen molar-refractivity contribution in [2.75, 3.05) is 0 Å². The summed E-state index contributed by atoms with van der Waals surface area (Å²) in [5.41, 5.74) is 1.12. The lowest BCUT2D eigenvalue weighted by atomic mass is 10.1. The molecule has 0 N–H and O–H groups in total. The van der Waals surface area contributed by atoms with Gasteiger partial charge in [-0.1, -0.05) is 30.3 Å². The van der Waals surface area contributed by atoms with Crippen molar-refractivity contribution >= 4 is 16.7 Å². The molecule has 0 atom stereocenters. The third-order valence-electron chi connectivity index (χ3n) is 3.17. The van der Waals surface area contributed by atoms with Crippen molar-refractivity contribution in [3.8, 4) is 0 Å². The Balaban J connectivity index is 1.94. The molecule has 1 aromatic heterocycles. The number of ketones is 1. The largest absolute Gasteiger partial charge is 0.340 e. The lowest BCUT2D eigenvalue weighted by Crippen LogP contribution is -2.11. The van der Waals surface area contributed by atoms with Crippen LogP contribution in [0, 0.1) is 5.82 Å². The van der Waals surface area contributed by atoms with Crippen molar-refractivity contribution in [2.45, 2.75) is 6.54 Å². The number of nitrogens with zero attached hydrogens (tertiary/aromatic N) is 1. The number of benzene rings is 2. The molecule has 0 radical (unpaired) electrons. The monoisotopic (exact) mass is 253 g/mol. The predicted molar refractivity (Wildman–Crippen MR) is 72.7 cm³/mol. The Morgan fingerprint density at radius 3 is 2.58 bits per heavy atom. The molecule has 3 rings (SSSR count). The number of rotatable bonds is 3. The van der Waals surface area contributed by atoms with Gasteiger partial charge >= 0.3 is 0 Å². The number of carbonyl (C=O) groups excluding carboxylic acids is 1. The summed E-state index contributed by atoms with van der Waals surface area (Å²) in [6, 6.07) is 15.8. The van der Waals surface area contributed by atoms with Gasteiger partial charge in [0.15, 0.2) is 5.78 Å². The minimum Gasteiger partial charge on any atom is -0.340 e. The van der Waals surface area contributed by atoms with E-state index in [1.165, 1.54) is 12.1 Å². The molecule has 0 aliphatic carbocycles. The van der Waals surface area contributed by atoms with E-state index in [1.54, 1.807) is 12.1 Å². The predicted octanol–water partition coefficient (Wildman–Crippen LogP) is 3.66. The standard InChI is InChI=1S/C16H12FNO/c17-14-7-3-2-6-13(14)16(19)11-18-10-9-12-5-1-4-8-15(12)18/h1-10H,11H2. The molecule has 3 heteroatoms. The van der Waals surface area contributed by atoms with Gasteiger partial charge in [0.05, 0.1) is 12.1 Å². The lowest BCUT2D eigenvalue weighted by molar-refractivity contribution is 0.0969. The summed E-state index contributed by atoms with van der Waals surface area (Å²) < 4.78 is 15.4. The van der Waals surface area contributed by atoms with Crippen LogP contribution in [0.15, 0.2) is 60.8 Å². The van der Waals surface area contributed by atoms with Gasteiger partial charge in [0.2, 0.25) is 0 Å². The van der Waals surface area contributed by atoms with Crippen LogP contribution in [0.1, 0.15) is 10.4 Å². The maximum atomic E-state index is 13.6. The van der Waals surface area contributed by atoms with Crippen molar-refractivity contribution in [1.82, 2.24) is 4.57 Å². The second kappa shape index (κ2) is 4.69. The molecular formula is C16H12FNO. The second-order valence-electron chi connectivity index (χ2n) is 4.41. The van der Waals surface area contributed by atoms with Crippen LogP contribution in [0.2, 0.25) is 0 Å². The van der Waals surface area contributed by atoms with Crippen LogP contribution in [0.3, 0.4) is 0 Å². The number of aromatic nitrogens is 1. The van der Waals surface area contributed by atoms with Gasteiger partial charge in [0.1, 0.15) is 5.82 Å². The minimum absolute atomic E-state index is 0.139. The summed E-state index contributed by atoms with van der Waals surface area (Å²) in [4.78, 5) is 12.1. The van der Waals surface area contributed by atoms with Crippen LogP contribution in [0.5, 0.6) is 0 Å². The first kappa shape index (κ1) is 11.7. The first-order valence-electron chi connectivity index (χ1n) is 6.07.